The predicted octanol–water partition coefficient (Wildman–Crippen LogP) is 3.99. The second kappa shape index (κ2) is 7.10. The van der Waals surface area contributed by atoms with Crippen LogP contribution in [0, 0.1) is 11.3 Å². The van der Waals surface area contributed by atoms with Gasteiger partial charge in [-0.25, -0.2) is 0 Å². The summed E-state index contributed by atoms with van der Waals surface area (Å²) < 4.78 is 6.96. The first-order chi connectivity index (χ1) is 8.88. The van der Waals surface area contributed by atoms with Gasteiger partial charge in [-0.15, -0.1) is 23.1 Å². The largest absolute Gasteiger partial charge is 0.493 e. The average molecular weight is 275 g/mol. The molecule has 2 rings (SSSR count). The highest BCUT2D eigenvalue weighted by Crippen LogP contribution is 2.23. The monoisotopic (exact) mass is 275 g/mol. The van der Waals surface area contributed by atoms with E-state index in [1.165, 1.54) is 4.21 Å². The van der Waals surface area contributed by atoms with E-state index in [2.05, 4.69) is 23.6 Å². The fourth-order valence-electron chi connectivity index (χ4n) is 1.44. The molecule has 1 aromatic heterocycles. The van der Waals surface area contributed by atoms with Crippen molar-refractivity contribution in [1.29, 1.82) is 5.26 Å². The quantitative estimate of drug-likeness (QED) is 0.590. The lowest BCUT2D eigenvalue weighted by Crippen LogP contribution is -1.99. The van der Waals surface area contributed by atoms with Crippen molar-refractivity contribution in [1.82, 2.24) is 0 Å². The van der Waals surface area contributed by atoms with Gasteiger partial charge in [0, 0.05) is 5.75 Å². The van der Waals surface area contributed by atoms with Gasteiger partial charge in [0.15, 0.2) is 0 Å². The lowest BCUT2D eigenvalue weighted by Gasteiger charge is -2.05. The zero-order valence-corrected chi connectivity index (χ0v) is 11.5. The first-order valence-corrected chi connectivity index (χ1v) is 7.50. The van der Waals surface area contributed by atoms with Crippen LogP contribution >= 0.6 is 23.1 Å². The van der Waals surface area contributed by atoms with Crippen LogP contribution in [-0.2, 0) is 6.42 Å². The third kappa shape index (κ3) is 4.10. The standard InChI is InChI=1S/C14H13NOS2/c15-8-7-12-3-5-13(6-4-12)16-9-11-18-14-2-1-10-17-14/h1-6,10H,7,9,11H2. The first-order valence-electron chi connectivity index (χ1n) is 5.63. The van der Waals surface area contributed by atoms with Crippen molar-refractivity contribution in [3.8, 4) is 11.8 Å². The topological polar surface area (TPSA) is 33.0 Å². The van der Waals surface area contributed by atoms with Gasteiger partial charge in [0.2, 0.25) is 0 Å². The molecule has 2 aromatic rings. The summed E-state index contributed by atoms with van der Waals surface area (Å²) in [5.41, 5.74) is 1.03. The summed E-state index contributed by atoms with van der Waals surface area (Å²) in [6.45, 7) is 0.695. The normalized spacial score (nSPS) is 9.94. The number of nitriles is 1. The molecule has 4 heteroatoms. The SMILES string of the molecule is N#CCc1ccc(OCCSc2cccs2)cc1. The Hall–Kier alpha value is -1.44. The molecule has 0 aliphatic carbocycles. The van der Waals surface area contributed by atoms with E-state index in [-0.39, 0.29) is 0 Å². The Balaban J connectivity index is 1.71. The van der Waals surface area contributed by atoms with Gasteiger partial charge < -0.3 is 4.74 Å². The maximum atomic E-state index is 8.57. The Kier molecular flexibility index (Phi) is 5.13. The summed E-state index contributed by atoms with van der Waals surface area (Å²) in [6, 6.07) is 14.0. The lowest BCUT2D eigenvalue weighted by atomic mass is 10.2. The summed E-state index contributed by atoms with van der Waals surface area (Å²) in [5, 5.41) is 10.7. The number of thiophene rings is 1. The molecule has 0 saturated carbocycles. The highest BCUT2D eigenvalue weighted by Gasteiger charge is 1.97. The van der Waals surface area contributed by atoms with Gasteiger partial charge in [-0.3, -0.25) is 0 Å². The van der Waals surface area contributed by atoms with E-state index in [1.54, 1.807) is 11.3 Å². The highest BCUT2D eigenvalue weighted by molar-refractivity contribution is 8.01. The fourth-order valence-corrected chi connectivity index (χ4v) is 3.12. The molecule has 0 amide bonds. The Bertz CT molecular complexity index is 500. The van der Waals surface area contributed by atoms with E-state index < -0.39 is 0 Å². The molecule has 0 unspecified atom stereocenters. The first kappa shape index (κ1) is 13.0. The molecule has 0 fully saturated rings. The number of rotatable bonds is 6. The van der Waals surface area contributed by atoms with Crippen molar-refractivity contribution >= 4 is 23.1 Å². The van der Waals surface area contributed by atoms with Crippen molar-refractivity contribution < 1.29 is 4.74 Å². The van der Waals surface area contributed by atoms with Crippen LogP contribution in [0.25, 0.3) is 0 Å². The molecule has 0 atom stereocenters. The molecule has 0 bridgehead atoms. The zero-order chi connectivity index (χ0) is 12.6. The number of nitrogens with zero attached hydrogens (tertiary/aromatic N) is 1. The smallest absolute Gasteiger partial charge is 0.119 e. The molecule has 0 aliphatic rings. The Morgan fingerprint density at radius 1 is 1.22 bits per heavy atom. The molecule has 0 radical (unpaired) electrons. The molecule has 0 spiro atoms. The zero-order valence-electron chi connectivity index (χ0n) is 9.83. The van der Waals surface area contributed by atoms with Gasteiger partial charge in [-0.05, 0) is 29.1 Å². The second-order valence-corrected chi connectivity index (χ2v) is 5.95. The number of ether oxygens (including phenoxy) is 1. The summed E-state index contributed by atoms with van der Waals surface area (Å²) in [5.74, 6) is 1.81. The molecule has 18 heavy (non-hydrogen) atoms. The molecule has 1 heterocycles. The van der Waals surface area contributed by atoms with Crippen molar-refractivity contribution in [2.24, 2.45) is 0 Å². The molecular weight excluding hydrogens is 262 g/mol. The summed E-state index contributed by atoms with van der Waals surface area (Å²) in [6.07, 6.45) is 0.453. The van der Waals surface area contributed by atoms with Crippen LogP contribution in [0.15, 0.2) is 46.0 Å². The van der Waals surface area contributed by atoms with Crippen molar-refractivity contribution in [2.75, 3.05) is 12.4 Å². The van der Waals surface area contributed by atoms with E-state index in [1.807, 2.05) is 36.0 Å². The van der Waals surface area contributed by atoms with Crippen LogP contribution in [0.3, 0.4) is 0 Å². The van der Waals surface area contributed by atoms with Gasteiger partial charge in [-0.1, -0.05) is 18.2 Å². The number of thioether (sulfide) groups is 1. The maximum absolute atomic E-state index is 8.57. The number of hydrogen-bond acceptors (Lipinski definition) is 4. The minimum absolute atomic E-state index is 0.453. The Morgan fingerprint density at radius 2 is 2.06 bits per heavy atom. The van der Waals surface area contributed by atoms with Crippen molar-refractivity contribution in [3.05, 3.63) is 47.3 Å². The lowest BCUT2D eigenvalue weighted by molar-refractivity contribution is 0.344. The Labute approximate surface area is 115 Å². The van der Waals surface area contributed by atoms with Crippen LogP contribution in [0.4, 0.5) is 0 Å². The molecule has 0 aliphatic heterocycles. The highest BCUT2D eigenvalue weighted by atomic mass is 32.2. The average Bonchev–Trinajstić information content (AvgIpc) is 2.90. The molecule has 2 nitrogen and oxygen atoms in total. The van der Waals surface area contributed by atoms with E-state index in [0.29, 0.717) is 13.0 Å². The van der Waals surface area contributed by atoms with E-state index in [9.17, 15) is 0 Å². The summed E-state index contributed by atoms with van der Waals surface area (Å²) in [4.78, 5) is 0. The molecule has 92 valence electrons. The third-order valence-corrected chi connectivity index (χ3v) is 4.39. The van der Waals surface area contributed by atoms with Gasteiger partial charge >= 0.3 is 0 Å². The van der Waals surface area contributed by atoms with Crippen LogP contribution in [0.1, 0.15) is 5.56 Å². The number of hydrogen-bond donors (Lipinski definition) is 0. The van der Waals surface area contributed by atoms with Crippen LogP contribution in [-0.4, -0.2) is 12.4 Å². The predicted molar refractivity (Wildman–Crippen MR) is 76.3 cm³/mol. The Morgan fingerprint density at radius 3 is 2.72 bits per heavy atom. The minimum atomic E-state index is 0.453. The van der Waals surface area contributed by atoms with Crippen molar-refractivity contribution in [3.63, 3.8) is 0 Å². The molecule has 1 aromatic carbocycles. The summed E-state index contributed by atoms with van der Waals surface area (Å²) in [7, 11) is 0. The van der Waals surface area contributed by atoms with Gasteiger partial charge in [0.05, 0.1) is 23.3 Å². The van der Waals surface area contributed by atoms with Crippen LogP contribution in [0.5, 0.6) is 5.75 Å². The molecule has 0 N–H and O–H groups in total. The maximum Gasteiger partial charge on any atom is 0.119 e. The molecule has 0 saturated heterocycles. The van der Waals surface area contributed by atoms with Gasteiger partial charge in [0.25, 0.3) is 0 Å². The van der Waals surface area contributed by atoms with E-state index in [4.69, 9.17) is 10.00 Å². The molecular formula is C14H13NOS2. The van der Waals surface area contributed by atoms with Gasteiger partial charge in [-0.2, -0.15) is 5.26 Å². The van der Waals surface area contributed by atoms with Crippen LogP contribution < -0.4 is 4.74 Å². The number of benzene rings is 1. The summed E-state index contributed by atoms with van der Waals surface area (Å²) >= 11 is 3.56. The van der Waals surface area contributed by atoms with Crippen LogP contribution in [0.2, 0.25) is 0 Å². The van der Waals surface area contributed by atoms with E-state index in [0.717, 1.165) is 17.1 Å². The third-order valence-electron chi connectivity index (χ3n) is 2.30. The van der Waals surface area contributed by atoms with E-state index >= 15 is 0 Å². The van der Waals surface area contributed by atoms with Gasteiger partial charge in [0.1, 0.15) is 5.75 Å². The fraction of sp³-hybridized carbons (Fsp3) is 0.214. The minimum Gasteiger partial charge on any atom is -0.493 e. The second-order valence-electron chi connectivity index (χ2n) is 3.61. The van der Waals surface area contributed by atoms with Crippen molar-refractivity contribution in [2.45, 2.75) is 10.6 Å².